The lowest BCUT2D eigenvalue weighted by Gasteiger charge is -2.20. The van der Waals surface area contributed by atoms with Crippen LogP contribution in [0.1, 0.15) is 36.0 Å². The van der Waals surface area contributed by atoms with Crippen LogP contribution in [0.3, 0.4) is 0 Å². The fourth-order valence-electron chi connectivity index (χ4n) is 3.26. The van der Waals surface area contributed by atoms with Crippen LogP contribution in [0, 0.1) is 6.92 Å². The molecule has 0 aromatic heterocycles. The van der Waals surface area contributed by atoms with E-state index in [-0.39, 0.29) is 24.3 Å². The van der Waals surface area contributed by atoms with E-state index in [1.54, 1.807) is 12.1 Å². The van der Waals surface area contributed by atoms with Gasteiger partial charge in [-0.2, -0.15) is 8.78 Å². The van der Waals surface area contributed by atoms with Crippen molar-refractivity contribution in [2.75, 3.05) is 6.61 Å². The average Bonchev–Trinajstić information content (AvgIpc) is 3.13. The number of rotatable bonds is 7. The summed E-state index contributed by atoms with van der Waals surface area (Å²) in [6.07, 6.45) is 1.02. The van der Waals surface area contributed by atoms with E-state index in [4.69, 9.17) is 9.47 Å². The summed E-state index contributed by atoms with van der Waals surface area (Å²) in [4.78, 5) is 11.9. The molecule has 2 unspecified atom stereocenters. The normalized spacial score (nSPS) is 19.4. The van der Waals surface area contributed by atoms with E-state index in [1.807, 2.05) is 37.3 Å². The van der Waals surface area contributed by atoms with Gasteiger partial charge in [0.15, 0.2) is 0 Å². The number of carbonyl (C=O) groups excluding carboxylic acids is 1. The largest absolute Gasteiger partial charge is 0.445 e. The number of aryl methyl sites for hydroxylation is 1. The summed E-state index contributed by atoms with van der Waals surface area (Å²) in [5.41, 5.74) is 1.79. The third-order valence-electron chi connectivity index (χ3n) is 4.89. The maximum atomic E-state index is 14.3. The summed E-state index contributed by atoms with van der Waals surface area (Å²) in [5.74, 6) is -3.03. The Morgan fingerprint density at radius 1 is 1.11 bits per heavy atom. The fraction of sp³-hybridized carbons (Fsp3) is 0.409. The third kappa shape index (κ3) is 5.76. The molecule has 2 aromatic rings. The minimum atomic E-state index is -3.03. The van der Waals surface area contributed by atoms with E-state index in [1.165, 1.54) is 12.1 Å². The van der Waals surface area contributed by atoms with Crippen LogP contribution in [0.2, 0.25) is 0 Å². The van der Waals surface area contributed by atoms with Crippen molar-refractivity contribution in [2.45, 2.75) is 50.9 Å². The van der Waals surface area contributed by atoms with Gasteiger partial charge < -0.3 is 14.8 Å². The molecule has 6 heteroatoms. The molecule has 0 radical (unpaired) electrons. The highest BCUT2D eigenvalue weighted by atomic mass is 19.3. The highest BCUT2D eigenvalue weighted by Gasteiger charge is 2.35. The van der Waals surface area contributed by atoms with Gasteiger partial charge in [0, 0.05) is 11.6 Å². The van der Waals surface area contributed by atoms with Crippen LogP contribution in [0.15, 0.2) is 54.6 Å². The first-order valence-electron chi connectivity index (χ1n) is 9.46. The average molecular weight is 389 g/mol. The summed E-state index contributed by atoms with van der Waals surface area (Å²) < 4.78 is 39.2. The van der Waals surface area contributed by atoms with E-state index in [2.05, 4.69) is 5.32 Å². The summed E-state index contributed by atoms with van der Waals surface area (Å²) in [6, 6.07) is 15.5. The minimum absolute atomic E-state index is 0.0461. The monoisotopic (exact) mass is 389 g/mol. The molecule has 1 aliphatic carbocycles. The zero-order valence-electron chi connectivity index (χ0n) is 15.9. The second kappa shape index (κ2) is 9.15. The third-order valence-corrected chi connectivity index (χ3v) is 4.89. The number of alkyl carbamates (subject to hydrolysis) is 1. The van der Waals surface area contributed by atoms with Crippen molar-refractivity contribution in [2.24, 2.45) is 0 Å². The molecular weight excluding hydrogens is 364 g/mol. The van der Waals surface area contributed by atoms with E-state index < -0.39 is 18.6 Å². The number of nitrogens with one attached hydrogen (secondary N) is 1. The number of halogens is 2. The molecular formula is C22H25F2NO3. The first-order chi connectivity index (χ1) is 13.4. The van der Waals surface area contributed by atoms with Crippen molar-refractivity contribution in [3.63, 3.8) is 0 Å². The van der Waals surface area contributed by atoms with Crippen molar-refractivity contribution in [1.82, 2.24) is 5.32 Å². The molecule has 0 spiro atoms. The van der Waals surface area contributed by atoms with Crippen LogP contribution in [0.25, 0.3) is 0 Å². The Morgan fingerprint density at radius 3 is 2.54 bits per heavy atom. The van der Waals surface area contributed by atoms with Gasteiger partial charge in [0.2, 0.25) is 0 Å². The van der Waals surface area contributed by atoms with Gasteiger partial charge in [-0.15, -0.1) is 0 Å². The Labute approximate surface area is 163 Å². The second-order valence-corrected chi connectivity index (χ2v) is 7.22. The van der Waals surface area contributed by atoms with Crippen molar-refractivity contribution >= 4 is 6.09 Å². The highest BCUT2D eigenvalue weighted by Crippen LogP contribution is 2.31. The smallest absolute Gasteiger partial charge is 0.407 e. The molecule has 0 heterocycles. The lowest BCUT2D eigenvalue weighted by molar-refractivity contribution is -0.103. The molecule has 28 heavy (non-hydrogen) atoms. The van der Waals surface area contributed by atoms with Crippen LogP contribution in [-0.4, -0.2) is 24.8 Å². The van der Waals surface area contributed by atoms with E-state index in [9.17, 15) is 13.6 Å². The summed E-state index contributed by atoms with van der Waals surface area (Å²) in [5, 5.41) is 2.79. The Morgan fingerprint density at radius 2 is 1.82 bits per heavy atom. The topological polar surface area (TPSA) is 47.6 Å². The Kier molecular flexibility index (Phi) is 6.62. The van der Waals surface area contributed by atoms with Crippen molar-refractivity contribution < 1.29 is 23.0 Å². The van der Waals surface area contributed by atoms with E-state index >= 15 is 0 Å². The summed E-state index contributed by atoms with van der Waals surface area (Å²) in [7, 11) is 0. The maximum absolute atomic E-state index is 14.3. The molecule has 0 saturated heterocycles. The van der Waals surface area contributed by atoms with Gasteiger partial charge in [-0.1, -0.05) is 60.2 Å². The van der Waals surface area contributed by atoms with Crippen LogP contribution in [0.5, 0.6) is 0 Å². The Hall–Kier alpha value is -2.47. The molecule has 0 bridgehead atoms. The maximum Gasteiger partial charge on any atom is 0.407 e. The predicted molar refractivity (Wildman–Crippen MR) is 102 cm³/mol. The first-order valence-corrected chi connectivity index (χ1v) is 9.46. The number of hydrogen-bond donors (Lipinski definition) is 1. The lowest BCUT2D eigenvalue weighted by Crippen LogP contribution is -2.34. The molecule has 1 N–H and O–H groups in total. The van der Waals surface area contributed by atoms with E-state index in [0.29, 0.717) is 19.3 Å². The molecule has 4 nitrogen and oxygen atoms in total. The number of amides is 1. The van der Waals surface area contributed by atoms with Crippen molar-refractivity contribution in [1.29, 1.82) is 0 Å². The van der Waals surface area contributed by atoms with Crippen molar-refractivity contribution in [3.05, 3.63) is 71.3 Å². The molecule has 3 rings (SSSR count). The molecule has 2 aromatic carbocycles. The number of carbonyl (C=O) groups is 1. The van der Waals surface area contributed by atoms with Gasteiger partial charge in [0.25, 0.3) is 5.92 Å². The van der Waals surface area contributed by atoms with Crippen LogP contribution < -0.4 is 5.32 Å². The van der Waals surface area contributed by atoms with Crippen LogP contribution >= 0.6 is 0 Å². The van der Waals surface area contributed by atoms with Gasteiger partial charge in [-0.25, -0.2) is 4.79 Å². The van der Waals surface area contributed by atoms with Gasteiger partial charge >= 0.3 is 6.09 Å². The molecule has 150 valence electrons. The lowest BCUT2D eigenvalue weighted by atomic mass is 10.1. The Bertz CT molecular complexity index is 765. The van der Waals surface area contributed by atoms with Crippen LogP contribution in [0.4, 0.5) is 13.6 Å². The minimum Gasteiger partial charge on any atom is -0.445 e. The van der Waals surface area contributed by atoms with Gasteiger partial charge in [-0.3, -0.25) is 0 Å². The SMILES string of the molecule is Cc1ccc(C(F)(F)COC2CCC(NC(=O)OCc3ccccc3)C2)cc1. The van der Waals surface area contributed by atoms with Gasteiger partial charge in [0.1, 0.15) is 13.2 Å². The van der Waals surface area contributed by atoms with Crippen LogP contribution in [-0.2, 0) is 22.0 Å². The van der Waals surface area contributed by atoms with Gasteiger partial charge in [-0.05, 0) is 31.7 Å². The predicted octanol–water partition coefficient (Wildman–Crippen LogP) is 4.95. The zero-order valence-corrected chi connectivity index (χ0v) is 15.9. The highest BCUT2D eigenvalue weighted by molar-refractivity contribution is 5.67. The standard InChI is InChI=1S/C22H25F2NO3/c1-16-7-9-18(10-8-16)22(23,24)15-28-20-12-11-19(13-20)25-21(26)27-14-17-5-3-2-4-6-17/h2-10,19-20H,11-15H2,1H3,(H,25,26). The molecule has 1 saturated carbocycles. The van der Waals surface area contributed by atoms with E-state index in [0.717, 1.165) is 11.1 Å². The number of alkyl halides is 2. The number of hydrogen-bond acceptors (Lipinski definition) is 3. The van der Waals surface area contributed by atoms with Crippen molar-refractivity contribution in [3.8, 4) is 0 Å². The van der Waals surface area contributed by atoms with Gasteiger partial charge in [0.05, 0.1) is 6.10 Å². The number of benzene rings is 2. The molecule has 1 amide bonds. The molecule has 2 atom stereocenters. The molecule has 0 aliphatic heterocycles. The molecule has 1 aliphatic rings. The zero-order chi connectivity index (χ0) is 20.0. The summed E-state index contributed by atoms with van der Waals surface area (Å²) >= 11 is 0. The fourth-order valence-corrected chi connectivity index (χ4v) is 3.26. The Balaban J connectivity index is 1.40. The number of ether oxygens (including phenoxy) is 2. The molecule has 1 fully saturated rings. The first kappa shape index (κ1) is 20.3. The quantitative estimate of drug-likeness (QED) is 0.729. The second-order valence-electron chi connectivity index (χ2n) is 7.22. The summed E-state index contributed by atoms with van der Waals surface area (Å²) in [6.45, 7) is 1.39.